The maximum Gasteiger partial charge on any atom is 0.319 e. The highest BCUT2D eigenvalue weighted by Crippen LogP contribution is 2.25. The van der Waals surface area contributed by atoms with E-state index in [0.29, 0.717) is 23.6 Å². The minimum Gasteiger partial charge on any atom is -0.481 e. The van der Waals surface area contributed by atoms with Crippen molar-refractivity contribution in [2.75, 3.05) is 5.32 Å². The van der Waals surface area contributed by atoms with E-state index < -0.39 is 11.9 Å². The van der Waals surface area contributed by atoms with Gasteiger partial charge in [-0.05, 0) is 53.6 Å². The zero-order valence-electron chi connectivity index (χ0n) is 11.2. The summed E-state index contributed by atoms with van der Waals surface area (Å²) in [4.78, 5) is 23.2. The third-order valence-corrected chi connectivity index (χ3v) is 4.71. The summed E-state index contributed by atoms with van der Waals surface area (Å²) in [6, 6.07) is 4.46. The maximum absolute atomic E-state index is 12.0. The molecule has 3 N–H and O–H groups in total. The molecule has 5 nitrogen and oxygen atoms in total. The largest absolute Gasteiger partial charge is 0.481 e. The van der Waals surface area contributed by atoms with Gasteiger partial charge < -0.3 is 15.7 Å². The molecular weight excluding hydrogens is 407 g/mol. The van der Waals surface area contributed by atoms with Gasteiger partial charge in [0.25, 0.3) is 0 Å². The van der Waals surface area contributed by atoms with Crippen molar-refractivity contribution in [2.24, 2.45) is 5.92 Å². The van der Waals surface area contributed by atoms with Crippen molar-refractivity contribution < 1.29 is 14.7 Å². The Balaban J connectivity index is 1.98. The fourth-order valence-electron chi connectivity index (χ4n) is 2.52. The van der Waals surface area contributed by atoms with Gasteiger partial charge in [0.2, 0.25) is 0 Å². The molecule has 0 saturated heterocycles. The highest BCUT2D eigenvalue weighted by molar-refractivity contribution is 14.1. The van der Waals surface area contributed by atoms with E-state index in [1.54, 1.807) is 18.2 Å². The van der Waals surface area contributed by atoms with Gasteiger partial charge in [-0.3, -0.25) is 4.79 Å². The van der Waals surface area contributed by atoms with Crippen LogP contribution >= 0.6 is 34.2 Å². The van der Waals surface area contributed by atoms with Crippen LogP contribution in [0.15, 0.2) is 18.2 Å². The number of carboxylic acid groups (broad SMARTS) is 1. The maximum atomic E-state index is 12.0. The van der Waals surface area contributed by atoms with Gasteiger partial charge in [-0.2, -0.15) is 0 Å². The lowest BCUT2D eigenvalue weighted by Crippen LogP contribution is -2.46. The number of aliphatic carboxylic acids is 1. The molecule has 1 saturated carbocycles. The van der Waals surface area contributed by atoms with Gasteiger partial charge in [-0.25, -0.2) is 4.79 Å². The van der Waals surface area contributed by atoms with Gasteiger partial charge in [-0.15, -0.1) is 0 Å². The van der Waals surface area contributed by atoms with E-state index in [0.717, 1.165) is 16.4 Å². The van der Waals surface area contributed by atoms with Gasteiger partial charge in [0.1, 0.15) is 0 Å². The SMILES string of the molecule is O=C(Nc1ccc(Cl)cc1I)NC1CCCCC1C(=O)O. The number of rotatable bonds is 3. The average molecular weight is 423 g/mol. The van der Waals surface area contributed by atoms with E-state index in [2.05, 4.69) is 33.2 Å². The quantitative estimate of drug-likeness (QED) is 0.650. The summed E-state index contributed by atoms with van der Waals surface area (Å²) >= 11 is 7.95. The van der Waals surface area contributed by atoms with Crippen molar-refractivity contribution in [1.29, 1.82) is 0 Å². The molecule has 1 fully saturated rings. The van der Waals surface area contributed by atoms with Crippen LogP contribution in [0.5, 0.6) is 0 Å². The minimum atomic E-state index is -0.846. The molecule has 0 bridgehead atoms. The zero-order valence-corrected chi connectivity index (χ0v) is 14.1. The molecule has 7 heteroatoms. The van der Waals surface area contributed by atoms with Crippen LogP contribution in [-0.2, 0) is 4.79 Å². The molecule has 0 spiro atoms. The van der Waals surface area contributed by atoms with Crippen LogP contribution in [-0.4, -0.2) is 23.1 Å². The third-order valence-electron chi connectivity index (χ3n) is 3.58. The van der Waals surface area contributed by atoms with Gasteiger partial charge >= 0.3 is 12.0 Å². The lowest BCUT2D eigenvalue weighted by molar-refractivity contribution is -0.143. The molecule has 0 heterocycles. The van der Waals surface area contributed by atoms with Crippen molar-refractivity contribution in [3.8, 4) is 0 Å². The van der Waals surface area contributed by atoms with Crippen molar-refractivity contribution in [1.82, 2.24) is 5.32 Å². The molecule has 114 valence electrons. The number of carbonyl (C=O) groups excluding carboxylic acids is 1. The van der Waals surface area contributed by atoms with Crippen LogP contribution in [0, 0.1) is 9.49 Å². The number of amides is 2. The topological polar surface area (TPSA) is 78.4 Å². The third kappa shape index (κ3) is 4.47. The Bertz CT molecular complexity index is 553. The number of halogens is 2. The molecule has 1 aliphatic rings. The Morgan fingerprint density at radius 1 is 1.29 bits per heavy atom. The Morgan fingerprint density at radius 2 is 2.00 bits per heavy atom. The number of hydrogen-bond donors (Lipinski definition) is 3. The number of benzene rings is 1. The van der Waals surface area contributed by atoms with Crippen LogP contribution in [0.3, 0.4) is 0 Å². The van der Waals surface area contributed by atoms with E-state index in [1.807, 2.05) is 0 Å². The summed E-state index contributed by atoms with van der Waals surface area (Å²) in [7, 11) is 0. The molecular formula is C14H16ClIN2O3. The van der Waals surface area contributed by atoms with Crippen LogP contribution in [0.2, 0.25) is 5.02 Å². The van der Waals surface area contributed by atoms with E-state index in [4.69, 9.17) is 11.6 Å². The van der Waals surface area contributed by atoms with Crippen LogP contribution in [0.25, 0.3) is 0 Å². The second-order valence-corrected chi connectivity index (χ2v) is 6.66. The first kappa shape index (κ1) is 16.4. The smallest absolute Gasteiger partial charge is 0.319 e. The second kappa shape index (κ2) is 7.31. The normalized spacial score (nSPS) is 21.6. The predicted molar refractivity (Wildman–Crippen MR) is 89.7 cm³/mol. The summed E-state index contributed by atoms with van der Waals surface area (Å²) in [5.74, 6) is -1.35. The highest BCUT2D eigenvalue weighted by Gasteiger charge is 2.31. The molecule has 2 unspecified atom stereocenters. The lowest BCUT2D eigenvalue weighted by Gasteiger charge is -2.29. The standard InChI is InChI=1S/C14H16ClIN2O3/c15-8-5-6-12(10(16)7-8)18-14(21)17-11-4-2-1-3-9(11)13(19)20/h5-7,9,11H,1-4H2,(H,19,20)(H2,17,18,21). The molecule has 1 aromatic rings. The van der Waals surface area contributed by atoms with Crippen molar-refractivity contribution in [2.45, 2.75) is 31.7 Å². The molecule has 2 rings (SSSR count). The van der Waals surface area contributed by atoms with E-state index in [9.17, 15) is 14.7 Å². The first-order valence-corrected chi connectivity index (χ1v) is 8.18. The number of carbonyl (C=O) groups is 2. The van der Waals surface area contributed by atoms with Gasteiger partial charge in [0.05, 0.1) is 11.6 Å². The summed E-state index contributed by atoms with van der Waals surface area (Å²) in [5, 5.41) is 15.3. The Labute approximate surface area is 141 Å². The summed E-state index contributed by atoms with van der Waals surface area (Å²) in [5.41, 5.74) is 0.653. The molecule has 0 radical (unpaired) electrons. The van der Waals surface area contributed by atoms with Crippen molar-refractivity contribution in [3.05, 3.63) is 26.8 Å². The first-order valence-electron chi connectivity index (χ1n) is 6.73. The summed E-state index contributed by atoms with van der Waals surface area (Å²) < 4.78 is 0.827. The average Bonchev–Trinajstić information content (AvgIpc) is 2.42. The molecule has 2 amide bonds. The zero-order chi connectivity index (χ0) is 15.4. The predicted octanol–water partition coefficient (Wildman–Crippen LogP) is 3.71. The number of nitrogens with one attached hydrogen (secondary N) is 2. The number of carboxylic acids is 1. The Morgan fingerprint density at radius 3 is 2.67 bits per heavy atom. The minimum absolute atomic E-state index is 0.318. The molecule has 1 aliphatic carbocycles. The molecule has 1 aromatic carbocycles. The first-order chi connectivity index (χ1) is 9.97. The molecule has 0 aliphatic heterocycles. The van der Waals surface area contributed by atoms with Crippen LogP contribution in [0.1, 0.15) is 25.7 Å². The monoisotopic (exact) mass is 422 g/mol. The van der Waals surface area contributed by atoms with Crippen LogP contribution < -0.4 is 10.6 Å². The van der Waals surface area contributed by atoms with E-state index >= 15 is 0 Å². The Kier molecular flexibility index (Phi) is 5.69. The number of anilines is 1. The van der Waals surface area contributed by atoms with Gasteiger partial charge in [0.15, 0.2) is 0 Å². The lowest BCUT2D eigenvalue weighted by atomic mass is 9.84. The summed E-state index contributed by atoms with van der Waals surface area (Å²) in [6.45, 7) is 0. The highest BCUT2D eigenvalue weighted by atomic mass is 127. The van der Waals surface area contributed by atoms with Crippen molar-refractivity contribution >= 4 is 51.9 Å². The summed E-state index contributed by atoms with van der Waals surface area (Å²) in [6.07, 6.45) is 3.14. The van der Waals surface area contributed by atoms with E-state index in [1.165, 1.54) is 0 Å². The van der Waals surface area contributed by atoms with Gasteiger partial charge in [-0.1, -0.05) is 24.4 Å². The second-order valence-electron chi connectivity index (χ2n) is 5.06. The van der Waals surface area contributed by atoms with Gasteiger partial charge in [0, 0.05) is 14.6 Å². The molecule has 0 aromatic heterocycles. The molecule has 2 atom stereocenters. The Hall–Kier alpha value is -1.02. The number of hydrogen-bond acceptors (Lipinski definition) is 2. The fourth-order valence-corrected chi connectivity index (χ4v) is 3.52. The van der Waals surface area contributed by atoms with E-state index in [-0.39, 0.29) is 12.1 Å². The van der Waals surface area contributed by atoms with Crippen LogP contribution in [0.4, 0.5) is 10.5 Å². The molecule has 21 heavy (non-hydrogen) atoms. The van der Waals surface area contributed by atoms with Crippen molar-refractivity contribution in [3.63, 3.8) is 0 Å². The fraction of sp³-hybridized carbons (Fsp3) is 0.429. The number of urea groups is 1.